The van der Waals surface area contributed by atoms with Gasteiger partial charge in [-0.1, -0.05) is 50.1 Å². The van der Waals surface area contributed by atoms with Crippen LogP contribution >= 0.6 is 0 Å². The summed E-state index contributed by atoms with van der Waals surface area (Å²) >= 11 is 0. The number of benzene rings is 1. The molecule has 1 rings (SSSR count). The molecule has 0 unspecified atom stereocenters. The molecule has 96 valence electrons. The predicted octanol–water partition coefficient (Wildman–Crippen LogP) is 4.49. The average Bonchev–Trinajstić information content (AvgIpc) is 2.42. The van der Waals surface area contributed by atoms with Crippen molar-refractivity contribution < 1.29 is 9.53 Å². The topological polar surface area (TPSA) is 26.3 Å². The molecule has 18 heavy (non-hydrogen) atoms. The number of carbonyl (C=O) groups excluding carboxylic acids is 1. The van der Waals surface area contributed by atoms with E-state index >= 15 is 0 Å². The van der Waals surface area contributed by atoms with E-state index in [1.807, 2.05) is 24.3 Å². The van der Waals surface area contributed by atoms with Crippen LogP contribution in [0.25, 0.3) is 0 Å². The van der Waals surface area contributed by atoms with Crippen molar-refractivity contribution in [1.82, 2.24) is 0 Å². The summed E-state index contributed by atoms with van der Waals surface area (Å²) in [5.74, 6) is -0.328. The van der Waals surface area contributed by atoms with Crippen LogP contribution in [0.1, 0.15) is 43.0 Å². The Morgan fingerprint density at radius 1 is 1.17 bits per heavy atom. The summed E-state index contributed by atoms with van der Waals surface area (Å²) in [4.78, 5) is 11.5. The van der Waals surface area contributed by atoms with Gasteiger partial charge in [-0.05, 0) is 31.1 Å². The van der Waals surface area contributed by atoms with Crippen LogP contribution in [0, 0.1) is 0 Å². The minimum Gasteiger partial charge on any atom is -0.431 e. The van der Waals surface area contributed by atoms with Gasteiger partial charge in [0.15, 0.2) is 0 Å². The van der Waals surface area contributed by atoms with Crippen LogP contribution in [0.5, 0.6) is 0 Å². The molecule has 0 saturated heterocycles. The second kappa shape index (κ2) is 9.23. The molecule has 0 radical (unpaired) electrons. The molecular weight excluding hydrogens is 224 g/mol. The molecule has 0 heterocycles. The number of carbonyl (C=O) groups is 1. The maximum Gasteiger partial charge on any atom is 0.342 e. The standard InChI is InChI=1S/C16H20O2/c1-2-3-4-5-6-7-11-14-18-16(17)15-12-9-8-10-13-15/h6-14H,2-5H2,1H3/b7-6+,14-11-. The van der Waals surface area contributed by atoms with Gasteiger partial charge >= 0.3 is 5.97 Å². The Labute approximate surface area is 109 Å². The first-order chi connectivity index (χ1) is 8.84. The smallest absolute Gasteiger partial charge is 0.342 e. The lowest BCUT2D eigenvalue weighted by atomic mass is 10.2. The molecule has 0 N–H and O–H groups in total. The molecule has 0 spiro atoms. The van der Waals surface area contributed by atoms with Gasteiger partial charge in [0, 0.05) is 0 Å². The number of ether oxygens (including phenoxy) is 1. The number of rotatable bonds is 7. The Bertz CT molecular complexity index is 391. The molecule has 0 aliphatic carbocycles. The Morgan fingerprint density at radius 3 is 2.67 bits per heavy atom. The molecule has 0 saturated carbocycles. The van der Waals surface area contributed by atoms with Crippen LogP contribution in [0.4, 0.5) is 0 Å². The lowest BCUT2D eigenvalue weighted by Gasteiger charge is -1.97. The van der Waals surface area contributed by atoms with Crippen LogP contribution in [0.3, 0.4) is 0 Å². The monoisotopic (exact) mass is 244 g/mol. The van der Waals surface area contributed by atoms with Crippen LogP contribution in [-0.2, 0) is 4.74 Å². The SMILES string of the molecule is CCCCC/C=C/C=C\OC(=O)c1ccccc1. The van der Waals surface area contributed by atoms with Crippen LogP contribution < -0.4 is 0 Å². The van der Waals surface area contributed by atoms with E-state index in [0.29, 0.717) is 5.56 Å². The number of esters is 1. The van der Waals surface area contributed by atoms with Crippen molar-refractivity contribution in [2.45, 2.75) is 32.6 Å². The minimum absolute atomic E-state index is 0.328. The first-order valence-electron chi connectivity index (χ1n) is 6.42. The zero-order valence-corrected chi connectivity index (χ0v) is 10.8. The van der Waals surface area contributed by atoms with E-state index in [1.165, 1.54) is 25.5 Å². The van der Waals surface area contributed by atoms with Gasteiger partial charge in [-0.15, -0.1) is 0 Å². The molecule has 0 aromatic heterocycles. The number of allylic oxidation sites excluding steroid dienone is 3. The zero-order valence-electron chi connectivity index (χ0n) is 10.8. The van der Waals surface area contributed by atoms with Gasteiger partial charge in [0.25, 0.3) is 0 Å². The summed E-state index contributed by atoms with van der Waals surface area (Å²) in [7, 11) is 0. The normalized spacial score (nSPS) is 11.2. The molecule has 0 aliphatic rings. The second-order valence-electron chi connectivity index (χ2n) is 4.02. The largest absolute Gasteiger partial charge is 0.431 e. The molecule has 0 atom stereocenters. The van der Waals surface area contributed by atoms with Crippen LogP contribution in [0.2, 0.25) is 0 Å². The maximum absolute atomic E-state index is 11.5. The molecule has 0 fully saturated rings. The summed E-state index contributed by atoms with van der Waals surface area (Å²) in [6, 6.07) is 8.96. The Kier molecular flexibility index (Phi) is 7.29. The molecule has 0 aliphatic heterocycles. The van der Waals surface area contributed by atoms with Crippen LogP contribution in [-0.4, -0.2) is 5.97 Å². The lowest BCUT2D eigenvalue weighted by Crippen LogP contribution is -1.99. The first kappa shape index (κ1) is 14.2. The van der Waals surface area contributed by atoms with Crippen molar-refractivity contribution in [3.63, 3.8) is 0 Å². The molecule has 1 aromatic carbocycles. The third-order valence-electron chi connectivity index (χ3n) is 2.48. The zero-order chi connectivity index (χ0) is 13.1. The highest BCUT2D eigenvalue weighted by atomic mass is 16.5. The number of unbranched alkanes of at least 4 members (excludes halogenated alkanes) is 3. The lowest BCUT2D eigenvalue weighted by molar-refractivity contribution is 0.0663. The highest BCUT2D eigenvalue weighted by Crippen LogP contribution is 2.02. The highest BCUT2D eigenvalue weighted by molar-refractivity contribution is 5.89. The van der Waals surface area contributed by atoms with E-state index in [0.717, 1.165) is 6.42 Å². The van der Waals surface area contributed by atoms with Crippen molar-refractivity contribution in [2.24, 2.45) is 0 Å². The summed E-state index contributed by atoms with van der Waals surface area (Å²) in [6.07, 6.45) is 11.9. The van der Waals surface area contributed by atoms with E-state index in [4.69, 9.17) is 4.74 Å². The average molecular weight is 244 g/mol. The minimum atomic E-state index is -0.328. The molecular formula is C16H20O2. The van der Waals surface area contributed by atoms with Gasteiger partial charge in [-0.25, -0.2) is 4.79 Å². The summed E-state index contributed by atoms with van der Waals surface area (Å²) in [5.41, 5.74) is 0.564. The van der Waals surface area contributed by atoms with E-state index < -0.39 is 0 Å². The van der Waals surface area contributed by atoms with Gasteiger partial charge < -0.3 is 4.74 Å². The van der Waals surface area contributed by atoms with Crippen molar-refractivity contribution in [3.8, 4) is 0 Å². The van der Waals surface area contributed by atoms with Crippen LogP contribution in [0.15, 0.2) is 54.8 Å². The van der Waals surface area contributed by atoms with E-state index in [9.17, 15) is 4.79 Å². The van der Waals surface area contributed by atoms with Gasteiger partial charge in [0.1, 0.15) is 0 Å². The Morgan fingerprint density at radius 2 is 1.94 bits per heavy atom. The summed E-state index contributed by atoms with van der Waals surface area (Å²) < 4.78 is 4.99. The molecule has 2 heteroatoms. The van der Waals surface area contributed by atoms with Crippen molar-refractivity contribution in [3.05, 3.63) is 60.4 Å². The summed E-state index contributed by atoms with van der Waals surface area (Å²) in [5, 5.41) is 0. The van der Waals surface area contributed by atoms with E-state index in [-0.39, 0.29) is 5.97 Å². The van der Waals surface area contributed by atoms with Crippen molar-refractivity contribution in [2.75, 3.05) is 0 Å². The highest BCUT2D eigenvalue weighted by Gasteiger charge is 2.02. The fourth-order valence-corrected chi connectivity index (χ4v) is 1.48. The molecule has 1 aromatic rings. The summed E-state index contributed by atoms with van der Waals surface area (Å²) in [6.45, 7) is 2.19. The van der Waals surface area contributed by atoms with Gasteiger partial charge in [0.2, 0.25) is 0 Å². The second-order valence-corrected chi connectivity index (χ2v) is 4.02. The van der Waals surface area contributed by atoms with Gasteiger partial charge in [-0.2, -0.15) is 0 Å². The van der Waals surface area contributed by atoms with Crippen molar-refractivity contribution in [1.29, 1.82) is 0 Å². The fourth-order valence-electron chi connectivity index (χ4n) is 1.48. The third kappa shape index (κ3) is 6.04. The Balaban J connectivity index is 2.22. The van der Waals surface area contributed by atoms with E-state index in [1.54, 1.807) is 18.2 Å². The molecule has 0 bridgehead atoms. The fraction of sp³-hybridized carbons (Fsp3) is 0.312. The Hall–Kier alpha value is -1.83. The first-order valence-corrected chi connectivity index (χ1v) is 6.42. The van der Waals surface area contributed by atoms with Gasteiger partial charge in [-0.3, -0.25) is 0 Å². The predicted molar refractivity (Wildman–Crippen MR) is 74.3 cm³/mol. The number of hydrogen-bond acceptors (Lipinski definition) is 2. The number of hydrogen-bond donors (Lipinski definition) is 0. The van der Waals surface area contributed by atoms with E-state index in [2.05, 4.69) is 13.0 Å². The quantitative estimate of drug-likeness (QED) is 0.305. The van der Waals surface area contributed by atoms with Gasteiger partial charge in [0.05, 0.1) is 11.8 Å². The molecule has 0 amide bonds. The third-order valence-corrected chi connectivity index (χ3v) is 2.48. The van der Waals surface area contributed by atoms with Crippen molar-refractivity contribution >= 4 is 5.97 Å². The maximum atomic E-state index is 11.5. The molecule has 2 nitrogen and oxygen atoms in total.